The van der Waals surface area contributed by atoms with Crippen LogP contribution >= 0.6 is 0 Å². The molecule has 0 spiro atoms. The van der Waals surface area contributed by atoms with E-state index in [2.05, 4.69) is 200 Å². The van der Waals surface area contributed by atoms with Gasteiger partial charge in [-0.2, -0.15) is 0 Å². The van der Waals surface area contributed by atoms with E-state index in [1.165, 1.54) is 83.5 Å². The molecule has 0 N–H and O–H groups in total. The molecule has 3 heterocycles. The van der Waals surface area contributed by atoms with Crippen LogP contribution in [0.15, 0.2) is 182 Å². The number of rotatable bonds is 3. The number of allylic oxidation sites excluding steroid dienone is 2. The van der Waals surface area contributed by atoms with E-state index in [1.807, 2.05) is 0 Å². The smallest absolute Gasteiger partial charge is 0.306 e. The lowest BCUT2D eigenvalue weighted by molar-refractivity contribution is 0.517. The Bertz CT molecular complexity index is 2620. The van der Waals surface area contributed by atoms with Crippen LogP contribution in [0.1, 0.15) is 19.4 Å². The van der Waals surface area contributed by atoms with Gasteiger partial charge in [0, 0.05) is 39.5 Å². The van der Waals surface area contributed by atoms with Crippen LogP contribution in [0.3, 0.4) is 0 Å². The van der Waals surface area contributed by atoms with Gasteiger partial charge in [0.2, 0.25) is 0 Å². The molecule has 3 heteroatoms. The van der Waals surface area contributed by atoms with Gasteiger partial charge in [-0.1, -0.05) is 153 Å². The first kappa shape index (κ1) is 29.7. The van der Waals surface area contributed by atoms with Crippen LogP contribution in [-0.2, 0) is 5.41 Å². The largest absolute Gasteiger partial charge is 0.380 e. The molecule has 3 aliphatic heterocycles. The Balaban J connectivity index is 1.25. The summed E-state index contributed by atoms with van der Waals surface area (Å²) in [6.07, 6.45) is 7.27. The van der Waals surface area contributed by atoms with Gasteiger partial charge in [-0.25, -0.2) is 0 Å². The Morgan fingerprint density at radius 3 is 2.04 bits per heavy atom. The lowest BCUT2D eigenvalue weighted by Gasteiger charge is -2.58. The number of anilines is 4. The summed E-state index contributed by atoms with van der Waals surface area (Å²) in [5.41, 5.74) is 16.9. The highest BCUT2D eigenvalue weighted by Gasteiger charge is 2.56. The minimum absolute atomic E-state index is 0.0910. The molecule has 0 amide bonds. The zero-order chi connectivity index (χ0) is 34.6. The Hall–Kier alpha value is -6.06. The van der Waals surface area contributed by atoms with Crippen LogP contribution in [0.25, 0.3) is 44.2 Å². The van der Waals surface area contributed by atoms with Crippen LogP contribution in [0.2, 0.25) is 5.82 Å². The zero-order valence-corrected chi connectivity index (χ0v) is 29.4. The molecule has 7 aromatic rings. The van der Waals surface area contributed by atoms with Crippen molar-refractivity contribution >= 4 is 45.8 Å². The van der Waals surface area contributed by atoms with Crippen molar-refractivity contribution in [1.82, 2.24) is 0 Å². The van der Waals surface area contributed by atoms with Gasteiger partial charge in [-0.3, -0.25) is 0 Å². The van der Waals surface area contributed by atoms with E-state index in [1.54, 1.807) is 0 Å². The molecule has 0 saturated carbocycles. The summed E-state index contributed by atoms with van der Waals surface area (Å²) in [7, 11) is 0. The highest BCUT2D eigenvalue weighted by molar-refractivity contribution is 6.84. The maximum atomic E-state index is 2.72. The molecule has 2 nitrogen and oxygen atoms in total. The molecule has 0 aromatic heterocycles. The molecular weight excluding hydrogens is 627 g/mol. The van der Waals surface area contributed by atoms with Crippen LogP contribution < -0.4 is 15.2 Å². The summed E-state index contributed by atoms with van der Waals surface area (Å²) in [4.78, 5) is 5.41. The average molecular weight is 665 g/mol. The van der Waals surface area contributed by atoms with Crippen LogP contribution in [0, 0.1) is 0 Å². The van der Waals surface area contributed by atoms with Gasteiger partial charge in [-0.15, -0.1) is 0 Å². The molecule has 7 aromatic carbocycles. The van der Waals surface area contributed by atoms with Crippen LogP contribution in [0.5, 0.6) is 0 Å². The van der Waals surface area contributed by atoms with Crippen molar-refractivity contribution in [2.75, 3.05) is 9.71 Å². The van der Waals surface area contributed by atoms with Gasteiger partial charge < -0.3 is 9.71 Å². The van der Waals surface area contributed by atoms with Gasteiger partial charge in [0.25, 0.3) is 0 Å². The summed E-state index contributed by atoms with van der Waals surface area (Å²) in [6, 6.07) is 58.9. The third-order valence-electron chi connectivity index (χ3n) is 12.3. The van der Waals surface area contributed by atoms with Crippen molar-refractivity contribution in [3.63, 3.8) is 0 Å². The van der Waals surface area contributed by atoms with Gasteiger partial charge in [0.1, 0.15) is 0 Å². The molecule has 52 heavy (non-hydrogen) atoms. The maximum Gasteiger partial charge on any atom is 0.306 e. The topological polar surface area (TPSA) is 6.48 Å². The summed E-state index contributed by atoms with van der Waals surface area (Å²) < 4.78 is 0. The number of nitrogens with zero attached hydrogens (tertiary/aromatic N) is 2. The lowest BCUT2D eigenvalue weighted by atomic mass is 9.36. The fourth-order valence-electron chi connectivity index (χ4n) is 9.95. The second-order valence-electron chi connectivity index (χ2n) is 15.3. The van der Waals surface area contributed by atoms with Gasteiger partial charge in [0.05, 0.1) is 6.04 Å². The van der Waals surface area contributed by atoms with E-state index in [9.17, 15) is 0 Å². The molecule has 0 radical (unpaired) electrons. The average Bonchev–Trinajstić information content (AvgIpc) is 3.21. The van der Waals surface area contributed by atoms with E-state index in [0.29, 0.717) is 0 Å². The highest BCUT2D eigenvalue weighted by Crippen LogP contribution is 2.59. The number of hydrogen-bond acceptors (Lipinski definition) is 2. The zero-order valence-electron chi connectivity index (χ0n) is 29.4. The van der Waals surface area contributed by atoms with Crippen molar-refractivity contribution in [3.8, 4) is 33.4 Å². The van der Waals surface area contributed by atoms with Gasteiger partial charge >= 0.3 is 6.85 Å². The molecule has 0 saturated heterocycles. The van der Waals surface area contributed by atoms with Crippen LogP contribution in [0.4, 0.5) is 22.7 Å². The van der Waals surface area contributed by atoms with E-state index in [0.717, 1.165) is 0 Å². The van der Waals surface area contributed by atoms with Crippen molar-refractivity contribution in [3.05, 3.63) is 187 Å². The fraction of sp³-hybridized carbons (Fsp3) is 0.102. The second kappa shape index (κ2) is 11.0. The molecule has 11 rings (SSSR count). The Morgan fingerprint density at radius 1 is 0.577 bits per heavy atom. The minimum atomic E-state index is -0.108. The monoisotopic (exact) mass is 664 g/mol. The molecule has 1 aliphatic carbocycles. The number of benzene rings is 7. The van der Waals surface area contributed by atoms with Gasteiger partial charge in [-0.05, 0) is 91.6 Å². The number of fused-ring (bicyclic) bond motifs is 8. The van der Waals surface area contributed by atoms with Crippen LogP contribution in [-0.4, -0.2) is 12.9 Å². The minimum Gasteiger partial charge on any atom is -0.380 e. The first-order valence-corrected chi connectivity index (χ1v) is 18.6. The summed E-state index contributed by atoms with van der Waals surface area (Å²) in [5.74, 6) is 0.217. The highest BCUT2D eigenvalue weighted by atomic mass is 15.2. The third-order valence-corrected chi connectivity index (χ3v) is 12.3. The Morgan fingerprint density at radius 2 is 1.25 bits per heavy atom. The number of para-hydroxylation sites is 1. The van der Waals surface area contributed by atoms with E-state index in [4.69, 9.17) is 0 Å². The predicted octanol–water partition coefficient (Wildman–Crippen LogP) is 11.9. The first-order chi connectivity index (χ1) is 25.6. The molecule has 0 fully saturated rings. The second-order valence-corrected chi connectivity index (χ2v) is 15.3. The standard InChI is InChI=1S/C49H37BN2/c1-49(2)40-20-11-12-23-43(40)51-45-31-36(33-16-7-4-8-17-33)30-39-46-38-19-10-9-18-35(38)26-29-44(46)52(50(47(39)45)42-22-13-21-41(49)48(42)51)37-27-24-34(25-28-37)32-14-5-3-6-15-32/h3-31,42,48H,1-2H3. The maximum absolute atomic E-state index is 2.72. The van der Waals surface area contributed by atoms with Crippen molar-refractivity contribution < 1.29 is 0 Å². The quantitative estimate of drug-likeness (QED) is 0.174. The van der Waals surface area contributed by atoms with Crippen molar-refractivity contribution in [1.29, 1.82) is 0 Å². The van der Waals surface area contributed by atoms with E-state index >= 15 is 0 Å². The first-order valence-electron chi connectivity index (χ1n) is 18.6. The summed E-state index contributed by atoms with van der Waals surface area (Å²) >= 11 is 0. The number of hydrogen-bond donors (Lipinski definition) is 0. The molecule has 2 unspecified atom stereocenters. The summed E-state index contributed by atoms with van der Waals surface area (Å²) in [6.45, 7) is 4.94. The summed E-state index contributed by atoms with van der Waals surface area (Å²) in [5, 5.41) is 2.55. The molecule has 4 aliphatic rings. The SMILES string of the molecule is CC1(C)C2=CC=CC3B4c5c(cc(-c6ccccc6)cc5N(c5ccccc51)C23)-c1c(ccc2ccccc12)N4c1ccc(-c2ccccc2)cc1. The van der Waals surface area contributed by atoms with Crippen molar-refractivity contribution in [2.24, 2.45) is 0 Å². The van der Waals surface area contributed by atoms with Crippen molar-refractivity contribution in [2.45, 2.75) is 31.1 Å². The lowest BCUT2D eigenvalue weighted by Crippen LogP contribution is -2.64. The Labute approximate surface area is 306 Å². The fourth-order valence-corrected chi connectivity index (χ4v) is 9.95. The van der Waals surface area contributed by atoms with Gasteiger partial charge in [0.15, 0.2) is 0 Å². The third kappa shape index (κ3) is 4.08. The normalized spacial score (nSPS) is 18.7. The molecule has 246 valence electrons. The Kier molecular flexibility index (Phi) is 6.26. The van der Waals surface area contributed by atoms with E-state index < -0.39 is 0 Å². The molecular formula is C49H37BN2. The molecule has 2 atom stereocenters. The predicted molar refractivity (Wildman–Crippen MR) is 221 cm³/mol. The molecule has 0 bridgehead atoms. The van der Waals surface area contributed by atoms with E-state index in [-0.39, 0.29) is 24.1 Å².